The normalized spacial score (nSPS) is 51.2. The maximum atomic E-state index is 14.0. The van der Waals surface area contributed by atoms with Crippen LogP contribution in [-0.2, 0) is 43.1 Å². The molecule has 0 amide bonds. The summed E-state index contributed by atoms with van der Waals surface area (Å²) in [5.41, 5.74) is -2.48. The van der Waals surface area contributed by atoms with E-state index in [0.29, 0.717) is 61.7 Å². The third-order valence-electron chi connectivity index (χ3n) is 16.1. The lowest BCUT2D eigenvalue weighted by molar-refractivity contribution is -0.430. The summed E-state index contributed by atoms with van der Waals surface area (Å²) in [6, 6.07) is 0. The van der Waals surface area contributed by atoms with Crippen molar-refractivity contribution in [1.29, 1.82) is 0 Å². The second kappa shape index (κ2) is 11.3. The second-order valence-corrected chi connectivity index (χ2v) is 20.2. The quantitative estimate of drug-likeness (QED) is 0.143. The summed E-state index contributed by atoms with van der Waals surface area (Å²) in [6.45, 7) is 1.09. The van der Waals surface area contributed by atoms with Crippen molar-refractivity contribution < 1.29 is 51.9 Å². The number of esters is 2. The van der Waals surface area contributed by atoms with Gasteiger partial charge in [0.1, 0.15) is 18.8 Å². The first-order chi connectivity index (χ1) is 24.3. The van der Waals surface area contributed by atoms with Gasteiger partial charge in [-0.05, 0) is 151 Å². The fourth-order valence-electron chi connectivity index (χ4n) is 14.9. The molecule has 0 aromatic rings. The van der Waals surface area contributed by atoms with E-state index in [9.17, 15) is 23.2 Å². The summed E-state index contributed by atoms with van der Waals surface area (Å²) >= 11 is 0. The number of rotatable bonds is 9. The van der Waals surface area contributed by atoms with Crippen LogP contribution in [0, 0.1) is 69.5 Å². The largest absolute Gasteiger partial charge is 0.464 e. The number of halogens is 2. The van der Waals surface area contributed by atoms with Crippen LogP contribution in [0.25, 0.3) is 0 Å². The van der Waals surface area contributed by atoms with E-state index in [0.717, 1.165) is 51.4 Å². The van der Waals surface area contributed by atoms with Crippen LogP contribution in [-0.4, -0.2) is 61.6 Å². The predicted octanol–water partition coefficient (Wildman–Crippen LogP) is 6.94. The van der Waals surface area contributed by atoms with Crippen LogP contribution in [0.4, 0.5) is 8.78 Å². The molecule has 2 unspecified atom stereocenters. The number of alkyl halides is 2. The van der Waals surface area contributed by atoms with Gasteiger partial charge in [0.05, 0.1) is 29.5 Å². The van der Waals surface area contributed by atoms with Crippen molar-refractivity contribution in [2.45, 2.75) is 133 Å². The highest BCUT2D eigenvalue weighted by molar-refractivity contribution is 5.78. The molecule has 13 aliphatic rings. The summed E-state index contributed by atoms with van der Waals surface area (Å²) in [5.74, 6) is -2.60. The zero-order valence-electron chi connectivity index (χ0n) is 30.0. The molecule has 0 N–H and O–H groups in total. The van der Waals surface area contributed by atoms with Crippen LogP contribution in [0.5, 0.6) is 0 Å². The minimum absolute atomic E-state index is 0.0734. The summed E-state index contributed by atoms with van der Waals surface area (Å²) in [5, 5.41) is 0. The molecule has 12 aliphatic carbocycles. The summed E-state index contributed by atoms with van der Waals surface area (Å²) in [6.07, 6.45) is 16.2. The Kier molecular flexibility index (Phi) is 7.49. The fourth-order valence-corrected chi connectivity index (χ4v) is 14.9. The Bertz CT molecular complexity index is 1310. The van der Waals surface area contributed by atoms with Crippen molar-refractivity contribution in [2.75, 3.05) is 26.4 Å². The SMILES string of the molecule is CC(F)(F)C(=O)OOC12CC3CC(C1)C1(OCC(COC(=O)C45CC6CC(CC(C6)C4)C5)(COC(=O)C45CC6CC(CC(C6)C4)C5)CO1)C(C3)C2. The molecule has 0 aromatic heterocycles. The Balaban J connectivity index is 0.856. The maximum absolute atomic E-state index is 14.0. The van der Waals surface area contributed by atoms with E-state index in [-0.39, 0.29) is 56.1 Å². The van der Waals surface area contributed by atoms with Crippen LogP contribution in [0.2, 0.25) is 0 Å². The van der Waals surface area contributed by atoms with Crippen molar-refractivity contribution >= 4 is 17.9 Å². The standard InChI is InChI=1S/C40H54F2O9/c1-35(41,42)32(43)50-51-39-16-29-8-30(17-39)40(31(9-29)18-39)48-21-36(22-49-40,19-46-33(44)37-10-23-2-24(11-37)4-25(3-23)12-37)20-47-34(45)38-13-26-5-27(14-38)7-28(6-26)15-38/h23-31H,2-22H2,1H3. The summed E-state index contributed by atoms with van der Waals surface area (Å²) in [7, 11) is 0. The molecule has 9 nitrogen and oxygen atoms in total. The van der Waals surface area contributed by atoms with Gasteiger partial charge in [-0.25, -0.2) is 4.79 Å². The summed E-state index contributed by atoms with van der Waals surface area (Å²) < 4.78 is 53.5. The minimum Gasteiger partial charge on any atom is -0.464 e. The molecule has 13 rings (SSSR count). The number of ether oxygens (including phenoxy) is 4. The lowest BCUT2D eigenvalue weighted by atomic mass is 9.49. The number of hydrogen-bond acceptors (Lipinski definition) is 9. The van der Waals surface area contributed by atoms with Crippen molar-refractivity contribution in [3.8, 4) is 0 Å². The Hall–Kier alpha value is -1.85. The highest BCUT2D eigenvalue weighted by Gasteiger charge is 2.68. The molecule has 1 heterocycles. The van der Waals surface area contributed by atoms with Crippen molar-refractivity contribution in [3.05, 3.63) is 0 Å². The first-order valence-corrected chi connectivity index (χ1v) is 20.2. The molecule has 11 heteroatoms. The lowest BCUT2D eigenvalue weighted by Gasteiger charge is -2.64. The van der Waals surface area contributed by atoms with E-state index in [1.807, 2.05) is 0 Å². The van der Waals surface area contributed by atoms with Gasteiger partial charge < -0.3 is 18.9 Å². The third-order valence-corrected chi connectivity index (χ3v) is 16.1. The van der Waals surface area contributed by atoms with Gasteiger partial charge in [-0.3, -0.25) is 14.5 Å². The van der Waals surface area contributed by atoms with E-state index in [4.69, 9.17) is 28.7 Å². The van der Waals surface area contributed by atoms with Gasteiger partial charge in [0.2, 0.25) is 0 Å². The van der Waals surface area contributed by atoms with Crippen molar-refractivity contribution in [3.63, 3.8) is 0 Å². The van der Waals surface area contributed by atoms with Crippen LogP contribution >= 0.6 is 0 Å². The van der Waals surface area contributed by atoms with E-state index < -0.39 is 39.5 Å². The molecule has 2 atom stereocenters. The van der Waals surface area contributed by atoms with E-state index in [1.165, 1.54) is 38.5 Å². The highest BCUT2D eigenvalue weighted by atomic mass is 19.3. The van der Waals surface area contributed by atoms with Gasteiger partial charge in [0.25, 0.3) is 0 Å². The Morgan fingerprint density at radius 1 is 0.608 bits per heavy atom. The number of hydrogen-bond donors (Lipinski definition) is 0. The molecule has 1 spiro atoms. The smallest absolute Gasteiger partial charge is 0.410 e. The molecule has 13 fully saturated rings. The maximum Gasteiger partial charge on any atom is 0.410 e. The molecule has 12 saturated carbocycles. The molecule has 0 radical (unpaired) electrons. The topological polar surface area (TPSA) is 107 Å². The van der Waals surface area contributed by atoms with E-state index >= 15 is 0 Å². The lowest BCUT2D eigenvalue weighted by Crippen LogP contribution is -2.69. The molecule has 0 aromatic carbocycles. The van der Waals surface area contributed by atoms with Gasteiger partial charge in [0, 0.05) is 18.8 Å². The highest BCUT2D eigenvalue weighted by Crippen LogP contribution is 2.65. The fraction of sp³-hybridized carbons (Fsp3) is 0.925. The molecule has 1 saturated heterocycles. The van der Waals surface area contributed by atoms with E-state index in [2.05, 4.69) is 0 Å². The van der Waals surface area contributed by atoms with Gasteiger partial charge >= 0.3 is 23.8 Å². The monoisotopic (exact) mass is 716 g/mol. The van der Waals surface area contributed by atoms with Crippen molar-refractivity contribution in [1.82, 2.24) is 0 Å². The second-order valence-electron chi connectivity index (χ2n) is 20.2. The summed E-state index contributed by atoms with van der Waals surface area (Å²) in [4.78, 5) is 50.3. The zero-order chi connectivity index (χ0) is 35.0. The van der Waals surface area contributed by atoms with Crippen LogP contribution < -0.4 is 0 Å². The van der Waals surface area contributed by atoms with Gasteiger partial charge in [-0.1, -0.05) is 0 Å². The first-order valence-electron chi connectivity index (χ1n) is 20.2. The first kappa shape index (κ1) is 33.7. The van der Waals surface area contributed by atoms with E-state index in [1.54, 1.807) is 0 Å². The zero-order valence-corrected chi connectivity index (χ0v) is 30.0. The third kappa shape index (κ3) is 5.45. The Labute approximate surface area is 298 Å². The van der Waals surface area contributed by atoms with Crippen LogP contribution in [0.1, 0.15) is 116 Å². The van der Waals surface area contributed by atoms with Gasteiger partial charge in [-0.15, -0.1) is 0 Å². The predicted molar refractivity (Wildman–Crippen MR) is 174 cm³/mol. The Morgan fingerprint density at radius 2 is 1.00 bits per heavy atom. The molecular weight excluding hydrogens is 662 g/mol. The molecule has 282 valence electrons. The van der Waals surface area contributed by atoms with Crippen LogP contribution in [0.15, 0.2) is 0 Å². The number of carbonyl (C=O) groups excluding carboxylic acids is 3. The minimum atomic E-state index is -3.64. The molecule has 51 heavy (non-hydrogen) atoms. The molecule has 12 bridgehead atoms. The molecule has 1 aliphatic heterocycles. The molecular formula is C40H54F2O9. The van der Waals surface area contributed by atoms with Gasteiger partial charge in [0.15, 0.2) is 5.79 Å². The van der Waals surface area contributed by atoms with Crippen molar-refractivity contribution in [2.24, 2.45) is 69.5 Å². The van der Waals surface area contributed by atoms with Crippen LogP contribution in [0.3, 0.4) is 0 Å². The Morgan fingerprint density at radius 3 is 1.39 bits per heavy atom. The average molecular weight is 717 g/mol. The average Bonchev–Trinajstić information content (AvgIpc) is 3.06. The van der Waals surface area contributed by atoms with Gasteiger partial charge in [-0.2, -0.15) is 13.7 Å². The number of carbonyl (C=O) groups is 3.